The molecule has 0 saturated carbocycles. The zero-order valence-electron chi connectivity index (χ0n) is 52.0. The van der Waals surface area contributed by atoms with Gasteiger partial charge in [-0.2, -0.15) is 0 Å². The van der Waals surface area contributed by atoms with Gasteiger partial charge in [-0.05, 0) is 103 Å². The molecule has 1 N–H and O–H groups in total. The first-order valence-corrected chi connectivity index (χ1v) is 33.8. The molecule has 0 aromatic carbocycles. The molecule has 80 heavy (non-hydrogen) atoms. The largest absolute Gasteiger partial charge is 0.472 e. The fourth-order valence-corrected chi connectivity index (χ4v) is 9.34. The van der Waals surface area contributed by atoms with E-state index >= 15 is 0 Å². The van der Waals surface area contributed by atoms with Crippen molar-refractivity contribution < 1.29 is 42.1 Å². The second-order valence-electron chi connectivity index (χ2n) is 22.4. The molecule has 9 nitrogen and oxygen atoms in total. The van der Waals surface area contributed by atoms with Gasteiger partial charge in [-0.3, -0.25) is 18.6 Å². The Morgan fingerprint density at radius 1 is 0.388 bits per heavy atom. The molecule has 2 atom stereocenters. The zero-order valence-corrected chi connectivity index (χ0v) is 52.9. The molecule has 0 bridgehead atoms. The number of likely N-dealkylation sites (N-methyl/N-ethyl adjacent to an activating group) is 1. The Hall–Kier alpha value is -3.59. The fraction of sp³-hybridized carbons (Fsp3) is 0.686. The summed E-state index contributed by atoms with van der Waals surface area (Å²) in [5, 5.41) is 0. The predicted octanol–water partition coefficient (Wildman–Crippen LogP) is 20.7. The Balaban J connectivity index is 4.00. The number of hydrogen-bond donors (Lipinski definition) is 1. The zero-order chi connectivity index (χ0) is 58.4. The molecule has 0 rings (SSSR count). The lowest BCUT2D eigenvalue weighted by Crippen LogP contribution is -2.37. The number of hydrogen-bond acceptors (Lipinski definition) is 7. The van der Waals surface area contributed by atoms with E-state index in [0.717, 1.165) is 109 Å². The molecule has 0 aromatic heterocycles. The third-order valence-corrected chi connectivity index (χ3v) is 14.5. The van der Waals surface area contributed by atoms with E-state index in [4.69, 9.17) is 18.5 Å². The highest BCUT2D eigenvalue weighted by Crippen LogP contribution is 2.43. The van der Waals surface area contributed by atoms with Gasteiger partial charge in [0.2, 0.25) is 0 Å². The van der Waals surface area contributed by atoms with Gasteiger partial charge >= 0.3 is 19.8 Å². The molecule has 0 saturated heterocycles. The number of rotatable bonds is 58. The van der Waals surface area contributed by atoms with E-state index < -0.39 is 32.5 Å². The van der Waals surface area contributed by atoms with E-state index in [0.29, 0.717) is 23.9 Å². The van der Waals surface area contributed by atoms with Crippen LogP contribution in [0.25, 0.3) is 0 Å². The Morgan fingerprint density at radius 2 is 0.675 bits per heavy atom. The minimum Gasteiger partial charge on any atom is -0.462 e. The van der Waals surface area contributed by atoms with Crippen molar-refractivity contribution >= 4 is 19.8 Å². The van der Waals surface area contributed by atoms with Crippen molar-refractivity contribution in [3.05, 3.63) is 122 Å². The molecule has 0 aliphatic rings. The maximum atomic E-state index is 12.8. The van der Waals surface area contributed by atoms with Crippen LogP contribution in [-0.4, -0.2) is 74.9 Å². The maximum Gasteiger partial charge on any atom is 0.472 e. The molecule has 2 unspecified atom stereocenters. The summed E-state index contributed by atoms with van der Waals surface area (Å²) in [5.74, 6) is -0.824. The summed E-state index contributed by atoms with van der Waals surface area (Å²) < 4.78 is 34.6. The van der Waals surface area contributed by atoms with Crippen LogP contribution in [0.5, 0.6) is 0 Å². The number of unbranched alkanes of at least 4 members (excludes halogenated alkanes) is 24. The summed E-state index contributed by atoms with van der Waals surface area (Å²) in [7, 11) is 1.46. The predicted molar refractivity (Wildman–Crippen MR) is 344 cm³/mol. The molecule has 0 aliphatic heterocycles. The molecule has 0 heterocycles. The van der Waals surface area contributed by atoms with Gasteiger partial charge in [0.15, 0.2) is 6.10 Å². The molecule has 0 spiro atoms. The third-order valence-electron chi connectivity index (χ3n) is 13.5. The quantitative estimate of drug-likeness (QED) is 0.0211. The van der Waals surface area contributed by atoms with Gasteiger partial charge in [0.05, 0.1) is 27.7 Å². The smallest absolute Gasteiger partial charge is 0.462 e. The van der Waals surface area contributed by atoms with Gasteiger partial charge in [0, 0.05) is 12.8 Å². The van der Waals surface area contributed by atoms with Crippen molar-refractivity contribution in [2.24, 2.45) is 0 Å². The number of allylic oxidation sites excluding steroid dienone is 20. The fourth-order valence-electron chi connectivity index (χ4n) is 8.60. The second-order valence-corrected chi connectivity index (χ2v) is 23.8. The highest BCUT2D eigenvalue weighted by molar-refractivity contribution is 7.47. The Labute approximate surface area is 492 Å². The van der Waals surface area contributed by atoms with Crippen LogP contribution in [-0.2, 0) is 32.7 Å². The molecule has 458 valence electrons. The van der Waals surface area contributed by atoms with Crippen molar-refractivity contribution in [2.45, 2.75) is 264 Å². The summed E-state index contributed by atoms with van der Waals surface area (Å²) in [6.45, 7) is 4.18. The van der Waals surface area contributed by atoms with Crippen molar-refractivity contribution in [3.63, 3.8) is 0 Å². The summed E-state index contributed by atoms with van der Waals surface area (Å²) >= 11 is 0. The summed E-state index contributed by atoms with van der Waals surface area (Å²) in [6.07, 6.45) is 85.9. The second kappa shape index (κ2) is 60.0. The molecular formula is C70H121NO8P+. The average Bonchev–Trinajstić information content (AvgIpc) is 3.42. The minimum absolute atomic E-state index is 0.0236. The van der Waals surface area contributed by atoms with E-state index in [-0.39, 0.29) is 26.1 Å². The SMILES string of the molecule is CC/C=C\C/C=C\C/C=C\C/C=C\C/C=C\C/C=C\CCCCCCCCCCCCCCCCCCCCCCC(=O)OC(COC(=O)CCCCCC/C=C\C/C=C\C/C=C\C/C=C\CC)COP(=O)(O)OCC[N+](C)(C)C. The molecule has 10 heteroatoms. The molecule has 0 aliphatic carbocycles. The highest BCUT2D eigenvalue weighted by Gasteiger charge is 2.27. The molecule has 0 fully saturated rings. The van der Waals surface area contributed by atoms with Gasteiger partial charge < -0.3 is 18.9 Å². The number of nitrogens with zero attached hydrogens (tertiary/aromatic N) is 1. The van der Waals surface area contributed by atoms with Crippen molar-refractivity contribution in [2.75, 3.05) is 47.5 Å². The number of esters is 2. The molecule has 0 amide bonds. The van der Waals surface area contributed by atoms with Gasteiger partial charge in [0.1, 0.15) is 19.8 Å². The van der Waals surface area contributed by atoms with Crippen molar-refractivity contribution in [1.82, 2.24) is 0 Å². The number of ether oxygens (including phenoxy) is 2. The lowest BCUT2D eigenvalue weighted by Gasteiger charge is -2.24. The number of carbonyl (C=O) groups excluding carboxylic acids is 2. The van der Waals surface area contributed by atoms with Gasteiger partial charge in [-0.15, -0.1) is 0 Å². The lowest BCUT2D eigenvalue weighted by atomic mass is 10.0. The van der Waals surface area contributed by atoms with E-state index in [9.17, 15) is 19.0 Å². The van der Waals surface area contributed by atoms with E-state index in [2.05, 4.69) is 135 Å². The van der Waals surface area contributed by atoms with Crippen molar-refractivity contribution in [1.29, 1.82) is 0 Å². The molecular weight excluding hydrogens is 1010 g/mol. The first kappa shape index (κ1) is 76.4. The highest BCUT2D eigenvalue weighted by atomic mass is 31.2. The van der Waals surface area contributed by atoms with Crippen LogP contribution in [0, 0.1) is 0 Å². The Bertz CT molecular complexity index is 1760. The normalized spacial score (nSPS) is 14.0. The van der Waals surface area contributed by atoms with E-state index in [1.54, 1.807) is 0 Å². The number of carbonyl (C=O) groups is 2. The number of phosphoric acid groups is 1. The van der Waals surface area contributed by atoms with Crippen LogP contribution in [0.4, 0.5) is 0 Å². The average molecular weight is 1140 g/mol. The van der Waals surface area contributed by atoms with Crippen LogP contribution in [0.2, 0.25) is 0 Å². The van der Waals surface area contributed by atoms with Crippen molar-refractivity contribution in [3.8, 4) is 0 Å². The monoisotopic (exact) mass is 1130 g/mol. The van der Waals surface area contributed by atoms with Crippen LogP contribution < -0.4 is 0 Å². The number of phosphoric ester groups is 1. The Kier molecular flexibility index (Phi) is 57.3. The maximum absolute atomic E-state index is 12.8. The first-order chi connectivity index (χ1) is 39.0. The van der Waals surface area contributed by atoms with Gasteiger partial charge in [-0.25, -0.2) is 4.57 Å². The number of quaternary nitrogens is 1. The summed E-state index contributed by atoms with van der Waals surface area (Å²) in [4.78, 5) is 35.7. The standard InChI is InChI=1S/C70H120NO8P/c1-6-8-10-12-14-16-18-20-22-24-25-26-27-28-29-30-31-32-33-34-35-36-37-38-39-40-41-42-43-44-45-47-49-51-53-55-57-59-61-63-70(73)79-68(67-78-80(74,75)77-65-64-71(3,4)5)66-76-69(72)62-60-58-56-54-52-50-48-46-23-21-19-17-15-13-11-9-7-2/h8-11,14-17,20-23,25-26,28-29,31-32,48,50,68H,6-7,12-13,18-19,24,27,30,33-47,49,51-67H2,1-5H3/p+1/b10-8-,11-9-,16-14-,17-15-,22-20-,23-21-,26-25-,29-28-,32-31-,50-48-. The van der Waals surface area contributed by atoms with Crippen LogP contribution in [0.1, 0.15) is 258 Å². The lowest BCUT2D eigenvalue weighted by molar-refractivity contribution is -0.870. The third kappa shape index (κ3) is 63.6. The van der Waals surface area contributed by atoms with Crippen LogP contribution in [0.3, 0.4) is 0 Å². The summed E-state index contributed by atoms with van der Waals surface area (Å²) in [5.41, 5.74) is 0. The molecule has 0 radical (unpaired) electrons. The van der Waals surface area contributed by atoms with Gasteiger partial charge in [-0.1, -0.05) is 264 Å². The topological polar surface area (TPSA) is 108 Å². The van der Waals surface area contributed by atoms with E-state index in [1.807, 2.05) is 21.1 Å². The first-order valence-electron chi connectivity index (χ1n) is 32.3. The van der Waals surface area contributed by atoms with Gasteiger partial charge in [0.25, 0.3) is 0 Å². The minimum atomic E-state index is -4.40. The molecule has 0 aromatic rings. The summed E-state index contributed by atoms with van der Waals surface area (Å²) in [6, 6.07) is 0. The van der Waals surface area contributed by atoms with E-state index in [1.165, 1.54) is 109 Å². The Morgan fingerprint density at radius 3 is 1.00 bits per heavy atom. The van der Waals surface area contributed by atoms with Crippen LogP contribution >= 0.6 is 7.82 Å². The van der Waals surface area contributed by atoms with Crippen LogP contribution in [0.15, 0.2) is 122 Å².